The van der Waals surface area contributed by atoms with Crippen LogP contribution in [0.3, 0.4) is 0 Å². The lowest BCUT2D eigenvalue weighted by Crippen LogP contribution is -2.10. The van der Waals surface area contributed by atoms with E-state index in [0.29, 0.717) is 17.5 Å². The van der Waals surface area contributed by atoms with Gasteiger partial charge in [0.15, 0.2) is 11.5 Å². The van der Waals surface area contributed by atoms with Gasteiger partial charge in [-0.25, -0.2) is 0 Å². The van der Waals surface area contributed by atoms with Crippen molar-refractivity contribution in [2.45, 2.75) is 46.0 Å². The van der Waals surface area contributed by atoms with Gasteiger partial charge in [0.2, 0.25) is 5.75 Å². The van der Waals surface area contributed by atoms with Gasteiger partial charge in [0, 0.05) is 5.56 Å². The normalized spacial score (nSPS) is 11.6. The number of hydrogen-bond acceptors (Lipinski definition) is 3. The monoisotopic (exact) mass is 376 g/mol. The molecule has 0 saturated carbocycles. The highest BCUT2D eigenvalue weighted by atomic mass is 16.3. The molecule has 0 aromatic heterocycles. The summed E-state index contributed by atoms with van der Waals surface area (Å²) in [6.45, 7) is 8.55. The first-order valence-electron chi connectivity index (χ1n) is 9.60. The molecular formula is C25H28O3. The van der Waals surface area contributed by atoms with Gasteiger partial charge in [-0.2, -0.15) is 0 Å². The van der Waals surface area contributed by atoms with Gasteiger partial charge < -0.3 is 15.3 Å². The van der Waals surface area contributed by atoms with Crippen molar-refractivity contribution in [2.75, 3.05) is 0 Å². The molecule has 0 unspecified atom stereocenters. The third-order valence-electron chi connectivity index (χ3n) is 5.19. The Balaban J connectivity index is 1.87. The Bertz CT molecular complexity index is 963. The van der Waals surface area contributed by atoms with Crippen molar-refractivity contribution in [2.24, 2.45) is 0 Å². The molecule has 0 spiro atoms. The van der Waals surface area contributed by atoms with E-state index in [4.69, 9.17) is 0 Å². The van der Waals surface area contributed by atoms with Gasteiger partial charge in [-0.3, -0.25) is 0 Å². The lowest BCUT2D eigenvalue weighted by atomic mass is 9.86. The first-order valence-corrected chi connectivity index (χ1v) is 9.60. The molecule has 0 aliphatic carbocycles. The maximum absolute atomic E-state index is 10.3. The summed E-state index contributed by atoms with van der Waals surface area (Å²) in [6.07, 6.45) is 1.29. The fourth-order valence-corrected chi connectivity index (χ4v) is 3.30. The summed E-state index contributed by atoms with van der Waals surface area (Å²) in [5.74, 6) is -1.00. The van der Waals surface area contributed by atoms with E-state index in [1.807, 2.05) is 31.2 Å². The van der Waals surface area contributed by atoms with Crippen LogP contribution in [0.2, 0.25) is 0 Å². The largest absolute Gasteiger partial charge is 0.504 e. The third-order valence-corrected chi connectivity index (χ3v) is 5.19. The molecule has 146 valence electrons. The SMILES string of the molecule is Cc1ccc(-c2cc(CCc3ccc(C(C)(C)C)cc3)c(O)c(O)c2O)cc1. The maximum atomic E-state index is 10.3. The van der Waals surface area contributed by atoms with E-state index in [9.17, 15) is 15.3 Å². The number of aromatic hydroxyl groups is 3. The van der Waals surface area contributed by atoms with Gasteiger partial charge in [0.25, 0.3) is 0 Å². The highest BCUT2D eigenvalue weighted by molar-refractivity contribution is 5.77. The Kier molecular flexibility index (Phi) is 5.37. The predicted molar refractivity (Wildman–Crippen MR) is 114 cm³/mol. The van der Waals surface area contributed by atoms with Gasteiger partial charge in [-0.15, -0.1) is 0 Å². The molecule has 3 aromatic carbocycles. The zero-order valence-corrected chi connectivity index (χ0v) is 17.0. The van der Waals surface area contributed by atoms with Crippen LogP contribution in [0.5, 0.6) is 17.2 Å². The van der Waals surface area contributed by atoms with E-state index in [-0.39, 0.29) is 16.9 Å². The standard InChI is InChI=1S/C25H28O3/c1-16-5-10-18(11-6-16)21-15-19(22(26)24(28)23(21)27)12-7-17-8-13-20(14-9-17)25(2,3)4/h5-6,8-11,13-15,26-28H,7,12H2,1-4H3. The van der Waals surface area contributed by atoms with Crippen LogP contribution >= 0.6 is 0 Å². The summed E-state index contributed by atoms with van der Waals surface area (Å²) in [6, 6.07) is 18.0. The maximum Gasteiger partial charge on any atom is 0.201 e. The van der Waals surface area contributed by atoms with Crippen LogP contribution in [0.15, 0.2) is 54.6 Å². The van der Waals surface area contributed by atoms with Gasteiger partial charge >= 0.3 is 0 Å². The van der Waals surface area contributed by atoms with E-state index < -0.39 is 5.75 Å². The lowest BCUT2D eigenvalue weighted by molar-refractivity contribution is 0.366. The second kappa shape index (κ2) is 7.59. The van der Waals surface area contributed by atoms with Crippen LogP contribution in [0.25, 0.3) is 11.1 Å². The Labute approximate surface area is 166 Å². The summed E-state index contributed by atoms with van der Waals surface area (Å²) < 4.78 is 0. The highest BCUT2D eigenvalue weighted by Crippen LogP contribution is 2.45. The third kappa shape index (κ3) is 4.14. The summed E-state index contributed by atoms with van der Waals surface area (Å²) in [5.41, 5.74) is 5.61. The van der Waals surface area contributed by atoms with Crippen LogP contribution in [0.1, 0.15) is 43.0 Å². The van der Waals surface area contributed by atoms with Crippen molar-refractivity contribution < 1.29 is 15.3 Å². The minimum absolute atomic E-state index is 0.114. The Morgan fingerprint density at radius 2 is 1.32 bits per heavy atom. The van der Waals surface area contributed by atoms with Crippen molar-refractivity contribution in [1.82, 2.24) is 0 Å². The van der Waals surface area contributed by atoms with Gasteiger partial charge in [0.1, 0.15) is 0 Å². The number of benzene rings is 3. The predicted octanol–water partition coefficient (Wildman–Crippen LogP) is 5.86. The second-order valence-corrected chi connectivity index (χ2v) is 8.44. The average Bonchev–Trinajstić information content (AvgIpc) is 2.66. The minimum Gasteiger partial charge on any atom is -0.504 e. The second-order valence-electron chi connectivity index (χ2n) is 8.44. The zero-order chi connectivity index (χ0) is 20.5. The number of phenols is 3. The van der Waals surface area contributed by atoms with Crippen molar-refractivity contribution in [1.29, 1.82) is 0 Å². The molecule has 3 heteroatoms. The molecule has 3 N–H and O–H groups in total. The Hall–Kier alpha value is -2.94. The molecule has 0 heterocycles. The van der Waals surface area contributed by atoms with Crippen molar-refractivity contribution >= 4 is 0 Å². The molecule has 0 aliphatic heterocycles. The van der Waals surface area contributed by atoms with E-state index >= 15 is 0 Å². The molecule has 0 aliphatic rings. The minimum atomic E-state index is -0.462. The van der Waals surface area contributed by atoms with Crippen LogP contribution < -0.4 is 0 Å². The van der Waals surface area contributed by atoms with E-state index in [2.05, 4.69) is 45.0 Å². The molecule has 0 amide bonds. The first kappa shape index (κ1) is 19.8. The van der Waals surface area contributed by atoms with Crippen LogP contribution in [0, 0.1) is 6.92 Å². The average molecular weight is 376 g/mol. The van der Waals surface area contributed by atoms with Gasteiger partial charge in [0.05, 0.1) is 0 Å². The molecular weight excluding hydrogens is 348 g/mol. The molecule has 0 bridgehead atoms. The van der Waals surface area contributed by atoms with Gasteiger partial charge in [-0.1, -0.05) is 74.9 Å². The molecule has 3 rings (SSSR count). The van der Waals surface area contributed by atoms with Gasteiger partial charge in [-0.05, 0) is 53.5 Å². The Morgan fingerprint density at radius 1 is 0.714 bits per heavy atom. The zero-order valence-electron chi connectivity index (χ0n) is 17.0. The number of hydrogen-bond donors (Lipinski definition) is 3. The highest BCUT2D eigenvalue weighted by Gasteiger charge is 2.18. The van der Waals surface area contributed by atoms with Crippen LogP contribution in [-0.2, 0) is 18.3 Å². The summed E-state index contributed by atoms with van der Waals surface area (Å²) >= 11 is 0. The van der Waals surface area contributed by atoms with E-state index in [1.54, 1.807) is 6.07 Å². The summed E-state index contributed by atoms with van der Waals surface area (Å²) in [4.78, 5) is 0. The molecule has 3 aromatic rings. The van der Waals surface area contributed by atoms with Crippen molar-refractivity contribution in [3.63, 3.8) is 0 Å². The number of rotatable bonds is 4. The molecule has 0 saturated heterocycles. The molecule has 28 heavy (non-hydrogen) atoms. The van der Waals surface area contributed by atoms with Crippen LogP contribution in [0.4, 0.5) is 0 Å². The summed E-state index contributed by atoms with van der Waals surface area (Å²) in [5, 5.41) is 30.8. The Morgan fingerprint density at radius 3 is 1.89 bits per heavy atom. The van der Waals surface area contributed by atoms with Crippen LogP contribution in [-0.4, -0.2) is 15.3 Å². The van der Waals surface area contributed by atoms with E-state index in [0.717, 1.165) is 23.1 Å². The number of phenolic OH excluding ortho intramolecular Hbond substituents is 3. The number of aryl methyl sites for hydroxylation is 3. The molecule has 0 radical (unpaired) electrons. The van der Waals surface area contributed by atoms with Crippen molar-refractivity contribution in [3.8, 4) is 28.4 Å². The topological polar surface area (TPSA) is 60.7 Å². The van der Waals surface area contributed by atoms with E-state index in [1.165, 1.54) is 5.56 Å². The fraction of sp³-hybridized carbons (Fsp3) is 0.280. The first-order chi connectivity index (χ1) is 13.2. The smallest absolute Gasteiger partial charge is 0.201 e. The quantitative estimate of drug-likeness (QED) is 0.500. The van der Waals surface area contributed by atoms with Crippen molar-refractivity contribution in [3.05, 3.63) is 76.9 Å². The lowest BCUT2D eigenvalue weighted by Gasteiger charge is -2.19. The fourth-order valence-electron chi connectivity index (χ4n) is 3.30. The molecule has 0 atom stereocenters. The molecule has 3 nitrogen and oxygen atoms in total. The summed E-state index contributed by atoms with van der Waals surface area (Å²) in [7, 11) is 0. The molecule has 0 fully saturated rings.